The van der Waals surface area contributed by atoms with Crippen LogP contribution in [-0.4, -0.2) is 53.6 Å². The van der Waals surface area contributed by atoms with Crippen LogP contribution < -0.4 is 0 Å². The third-order valence-corrected chi connectivity index (χ3v) is 4.09. The first-order chi connectivity index (χ1) is 9.41. The van der Waals surface area contributed by atoms with Crippen LogP contribution in [0, 0.1) is 0 Å². The van der Waals surface area contributed by atoms with Gasteiger partial charge in [0.25, 0.3) is 5.82 Å². The Morgan fingerprint density at radius 2 is 2.15 bits per heavy atom. The molecule has 0 spiro atoms. The van der Waals surface area contributed by atoms with Crippen LogP contribution in [0.25, 0.3) is 0 Å². The Balaban J connectivity index is 1.99. The van der Waals surface area contributed by atoms with Crippen molar-refractivity contribution >= 4 is 16.4 Å². The second-order valence-corrected chi connectivity index (χ2v) is 5.72. The molecule has 2 heterocycles. The number of aromatic amines is 1. The summed E-state index contributed by atoms with van der Waals surface area (Å²) in [6, 6.07) is 0. The predicted molar refractivity (Wildman–Crippen MR) is 65.9 cm³/mol. The molecule has 0 saturated carbocycles. The Kier molecular flexibility index (Phi) is 4.33. The zero-order valence-electron chi connectivity index (χ0n) is 10.9. The molecule has 1 aromatic rings. The number of aromatic nitrogens is 3. The minimum atomic E-state index is -4.63. The number of H-pyrrole nitrogens is 1. The average Bonchev–Trinajstić information content (AvgIpc) is 2.88. The van der Waals surface area contributed by atoms with Crippen molar-refractivity contribution < 1.29 is 21.8 Å². The summed E-state index contributed by atoms with van der Waals surface area (Å²) < 4.78 is 39.9. The standard InChI is InChI=1S/C10H15FN4O4S/c1-2-19-10(16)9-12-8(13-14-9)7-3-5-15(6-4-7)20(11,17)18/h7H,2-6H2,1H3,(H,12,13,14). The van der Waals surface area contributed by atoms with Crippen molar-refractivity contribution in [2.75, 3.05) is 19.7 Å². The van der Waals surface area contributed by atoms with Crippen molar-refractivity contribution in [3.63, 3.8) is 0 Å². The predicted octanol–water partition coefficient (Wildman–Crippen LogP) is 0.375. The van der Waals surface area contributed by atoms with E-state index in [2.05, 4.69) is 15.2 Å². The maximum absolute atomic E-state index is 12.8. The van der Waals surface area contributed by atoms with Gasteiger partial charge in [-0.1, -0.05) is 3.89 Å². The third kappa shape index (κ3) is 3.31. The lowest BCUT2D eigenvalue weighted by Crippen LogP contribution is -2.35. The highest BCUT2D eigenvalue weighted by Gasteiger charge is 2.30. The Labute approximate surface area is 115 Å². The third-order valence-electron chi connectivity index (χ3n) is 3.11. The molecule has 1 saturated heterocycles. The first-order valence-corrected chi connectivity index (χ1v) is 7.55. The largest absolute Gasteiger partial charge is 0.460 e. The van der Waals surface area contributed by atoms with E-state index in [1.807, 2.05) is 0 Å². The van der Waals surface area contributed by atoms with Gasteiger partial charge >= 0.3 is 16.4 Å². The van der Waals surface area contributed by atoms with Crippen LogP contribution in [-0.2, 0) is 15.1 Å². The van der Waals surface area contributed by atoms with Crippen molar-refractivity contribution in [1.29, 1.82) is 0 Å². The van der Waals surface area contributed by atoms with Crippen molar-refractivity contribution in [3.8, 4) is 0 Å². The number of nitrogens with zero attached hydrogens (tertiary/aromatic N) is 3. The maximum Gasteiger partial charge on any atom is 0.378 e. The van der Waals surface area contributed by atoms with E-state index in [1.165, 1.54) is 0 Å². The van der Waals surface area contributed by atoms with Gasteiger partial charge in [0.2, 0.25) is 0 Å². The van der Waals surface area contributed by atoms with Gasteiger partial charge in [-0.2, -0.15) is 12.7 Å². The lowest BCUT2D eigenvalue weighted by molar-refractivity contribution is 0.0512. The Morgan fingerprint density at radius 1 is 1.50 bits per heavy atom. The summed E-state index contributed by atoms with van der Waals surface area (Å²) in [5, 5.41) is 6.41. The first kappa shape index (κ1) is 14.9. The summed E-state index contributed by atoms with van der Waals surface area (Å²) in [4.78, 5) is 15.5. The van der Waals surface area contributed by atoms with Crippen LogP contribution in [0.15, 0.2) is 0 Å². The van der Waals surface area contributed by atoms with Gasteiger partial charge in [-0.15, -0.1) is 5.10 Å². The minimum Gasteiger partial charge on any atom is -0.460 e. The summed E-state index contributed by atoms with van der Waals surface area (Å²) >= 11 is 0. The van der Waals surface area contributed by atoms with Crippen LogP contribution in [0.4, 0.5) is 3.89 Å². The van der Waals surface area contributed by atoms with Crippen LogP contribution in [0.1, 0.15) is 42.1 Å². The summed E-state index contributed by atoms with van der Waals surface area (Å²) in [7, 11) is -4.63. The Morgan fingerprint density at radius 3 is 2.70 bits per heavy atom. The highest BCUT2D eigenvalue weighted by molar-refractivity contribution is 7.83. The van der Waals surface area contributed by atoms with E-state index in [0.29, 0.717) is 18.7 Å². The Hall–Kier alpha value is -1.55. The maximum atomic E-state index is 12.8. The van der Waals surface area contributed by atoms with E-state index in [1.54, 1.807) is 6.92 Å². The molecule has 1 aliphatic rings. The number of ether oxygens (including phenoxy) is 1. The lowest BCUT2D eigenvalue weighted by Gasteiger charge is -2.27. The molecule has 1 fully saturated rings. The minimum absolute atomic E-state index is 0.0533. The molecule has 20 heavy (non-hydrogen) atoms. The smallest absolute Gasteiger partial charge is 0.378 e. The van der Waals surface area contributed by atoms with Gasteiger partial charge in [-0.3, -0.25) is 5.10 Å². The molecule has 0 aliphatic carbocycles. The van der Waals surface area contributed by atoms with Crippen molar-refractivity contribution in [2.24, 2.45) is 0 Å². The number of halogens is 1. The number of hydrogen-bond acceptors (Lipinski definition) is 6. The number of carbonyl (C=O) groups is 1. The monoisotopic (exact) mass is 306 g/mol. The van der Waals surface area contributed by atoms with E-state index in [0.717, 1.165) is 4.31 Å². The average molecular weight is 306 g/mol. The van der Waals surface area contributed by atoms with Crippen molar-refractivity contribution in [1.82, 2.24) is 19.5 Å². The van der Waals surface area contributed by atoms with Crippen LogP contribution >= 0.6 is 0 Å². The van der Waals surface area contributed by atoms with Gasteiger partial charge in [0, 0.05) is 19.0 Å². The van der Waals surface area contributed by atoms with Crippen LogP contribution in [0.5, 0.6) is 0 Å². The normalized spacial score (nSPS) is 18.1. The molecule has 2 rings (SSSR count). The summed E-state index contributed by atoms with van der Waals surface area (Å²) in [5.41, 5.74) is 0. The topological polar surface area (TPSA) is 105 Å². The molecule has 8 nitrogen and oxygen atoms in total. The van der Waals surface area contributed by atoms with E-state index in [4.69, 9.17) is 4.74 Å². The fourth-order valence-corrected chi connectivity index (χ4v) is 2.74. The van der Waals surface area contributed by atoms with Crippen LogP contribution in [0.3, 0.4) is 0 Å². The molecular weight excluding hydrogens is 291 g/mol. The molecule has 0 amide bonds. The number of esters is 1. The molecule has 0 atom stereocenters. The molecule has 1 aliphatic heterocycles. The van der Waals surface area contributed by atoms with E-state index in [9.17, 15) is 17.1 Å². The SMILES string of the molecule is CCOC(=O)c1n[nH]c(C2CCN(S(=O)(=O)F)CC2)n1. The van der Waals surface area contributed by atoms with E-state index >= 15 is 0 Å². The number of nitrogens with one attached hydrogen (secondary N) is 1. The summed E-state index contributed by atoms with van der Waals surface area (Å²) in [5.74, 6) is -0.256. The molecule has 0 bridgehead atoms. The van der Waals surface area contributed by atoms with Gasteiger partial charge in [0.05, 0.1) is 6.61 Å². The molecular formula is C10H15FN4O4S. The number of rotatable bonds is 4. The second-order valence-electron chi connectivity index (χ2n) is 4.38. The van der Waals surface area contributed by atoms with E-state index < -0.39 is 16.4 Å². The molecule has 0 radical (unpaired) electrons. The highest BCUT2D eigenvalue weighted by atomic mass is 32.3. The molecule has 112 valence electrons. The quantitative estimate of drug-likeness (QED) is 0.636. The van der Waals surface area contributed by atoms with Gasteiger partial charge in [0.1, 0.15) is 5.82 Å². The second kappa shape index (κ2) is 5.83. The highest BCUT2D eigenvalue weighted by Crippen LogP contribution is 2.27. The molecule has 0 unspecified atom stereocenters. The fourth-order valence-electron chi connectivity index (χ4n) is 2.09. The zero-order valence-corrected chi connectivity index (χ0v) is 11.7. The lowest BCUT2D eigenvalue weighted by atomic mass is 9.98. The molecule has 0 aromatic carbocycles. The number of hydrogen-bond donors (Lipinski definition) is 1. The molecule has 1 aromatic heterocycles. The molecule has 10 heteroatoms. The van der Waals surface area contributed by atoms with E-state index in [-0.39, 0.29) is 31.4 Å². The number of carbonyl (C=O) groups excluding carboxylic acids is 1. The fraction of sp³-hybridized carbons (Fsp3) is 0.700. The van der Waals surface area contributed by atoms with Gasteiger partial charge < -0.3 is 4.74 Å². The van der Waals surface area contributed by atoms with Gasteiger partial charge in [-0.05, 0) is 19.8 Å². The van der Waals surface area contributed by atoms with Crippen molar-refractivity contribution in [2.45, 2.75) is 25.7 Å². The molecule has 1 N–H and O–H groups in total. The zero-order chi connectivity index (χ0) is 14.8. The Bertz CT molecular complexity index is 580. The number of piperidine rings is 1. The van der Waals surface area contributed by atoms with Gasteiger partial charge in [-0.25, -0.2) is 9.78 Å². The van der Waals surface area contributed by atoms with Gasteiger partial charge in [0.15, 0.2) is 0 Å². The first-order valence-electron chi connectivity index (χ1n) is 6.21. The van der Waals surface area contributed by atoms with Crippen molar-refractivity contribution in [3.05, 3.63) is 11.6 Å². The summed E-state index contributed by atoms with van der Waals surface area (Å²) in [6.07, 6.45) is 0.835. The van der Waals surface area contributed by atoms with Crippen LogP contribution in [0.2, 0.25) is 0 Å². The summed E-state index contributed by atoms with van der Waals surface area (Å²) in [6.45, 7) is 2.08.